The van der Waals surface area contributed by atoms with Crippen molar-refractivity contribution in [3.8, 4) is 0 Å². The van der Waals surface area contributed by atoms with E-state index in [1.54, 1.807) is 0 Å². The standard InChI is InChI=1S/C18H27N3/c1-5-17-16(11-12-19-4)18(6-2)21(20-17)13-15-9-7-14(3)8-10-15/h7-10,19H,5-6,11-13H2,1-4H3. The summed E-state index contributed by atoms with van der Waals surface area (Å²) in [5, 5.41) is 8.11. The minimum atomic E-state index is 0.871. The van der Waals surface area contributed by atoms with Crippen LogP contribution in [0.1, 0.15) is 41.9 Å². The molecule has 0 unspecified atom stereocenters. The largest absolute Gasteiger partial charge is 0.319 e. The molecule has 1 aromatic carbocycles. The zero-order chi connectivity index (χ0) is 15.2. The van der Waals surface area contributed by atoms with E-state index in [1.807, 2.05) is 7.05 Å². The van der Waals surface area contributed by atoms with Gasteiger partial charge in [0.05, 0.1) is 12.2 Å². The molecule has 0 atom stereocenters. The molecule has 1 aromatic heterocycles. The lowest BCUT2D eigenvalue weighted by Gasteiger charge is -2.08. The summed E-state index contributed by atoms with van der Waals surface area (Å²) in [5.74, 6) is 0. The highest BCUT2D eigenvalue weighted by Gasteiger charge is 2.15. The molecule has 0 amide bonds. The SMILES string of the molecule is CCc1nn(Cc2ccc(C)cc2)c(CC)c1CCNC. The molecule has 0 aliphatic rings. The van der Waals surface area contributed by atoms with Gasteiger partial charge in [0, 0.05) is 5.69 Å². The van der Waals surface area contributed by atoms with Gasteiger partial charge in [-0.1, -0.05) is 43.7 Å². The highest BCUT2D eigenvalue weighted by molar-refractivity contribution is 5.29. The van der Waals surface area contributed by atoms with E-state index in [0.717, 1.165) is 32.4 Å². The van der Waals surface area contributed by atoms with Gasteiger partial charge in [-0.3, -0.25) is 4.68 Å². The first-order chi connectivity index (χ1) is 10.2. The normalized spacial score (nSPS) is 11.0. The second-order valence-corrected chi connectivity index (χ2v) is 5.58. The van der Waals surface area contributed by atoms with Crippen molar-refractivity contribution in [2.45, 2.75) is 46.6 Å². The summed E-state index contributed by atoms with van der Waals surface area (Å²) in [6, 6.07) is 8.75. The first kappa shape index (κ1) is 15.8. The molecule has 3 heteroatoms. The number of rotatable bonds is 7. The monoisotopic (exact) mass is 285 g/mol. The van der Waals surface area contributed by atoms with Gasteiger partial charge < -0.3 is 5.32 Å². The van der Waals surface area contributed by atoms with Crippen LogP contribution in [-0.2, 0) is 25.8 Å². The van der Waals surface area contributed by atoms with Crippen molar-refractivity contribution in [1.82, 2.24) is 15.1 Å². The Balaban J connectivity index is 2.29. The third-order valence-corrected chi connectivity index (χ3v) is 4.00. The molecule has 0 bridgehead atoms. The van der Waals surface area contributed by atoms with Crippen LogP contribution in [0.3, 0.4) is 0 Å². The fraction of sp³-hybridized carbons (Fsp3) is 0.500. The lowest BCUT2D eigenvalue weighted by molar-refractivity contribution is 0.638. The molecule has 3 nitrogen and oxygen atoms in total. The number of aromatic nitrogens is 2. The average molecular weight is 285 g/mol. The van der Waals surface area contributed by atoms with Crippen LogP contribution in [0.25, 0.3) is 0 Å². The maximum atomic E-state index is 4.86. The number of nitrogens with zero attached hydrogens (tertiary/aromatic N) is 2. The summed E-state index contributed by atoms with van der Waals surface area (Å²) in [7, 11) is 2.01. The Morgan fingerprint density at radius 3 is 2.38 bits per heavy atom. The molecule has 0 radical (unpaired) electrons. The summed E-state index contributed by atoms with van der Waals surface area (Å²) in [4.78, 5) is 0. The summed E-state index contributed by atoms with van der Waals surface area (Å²) < 4.78 is 2.20. The number of likely N-dealkylation sites (N-methyl/N-ethyl adjacent to an activating group) is 1. The van der Waals surface area contributed by atoms with Crippen LogP contribution in [0, 0.1) is 6.92 Å². The van der Waals surface area contributed by atoms with Crippen LogP contribution in [0.15, 0.2) is 24.3 Å². The van der Waals surface area contributed by atoms with Crippen molar-refractivity contribution in [1.29, 1.82) is 0 Å². The molecule has 2 aromatic rings. The second kappa shape index (κ2) is 7.41. The van der Waals surface area contributed by atoms with E-state index in [0.29, 0.717) is 0 Å². The fourth-order valence-electron chi connectivity index (χ4n) is 2.80. The van der Waals surface area contributed by atoms with Crippen LogP contribution < -0.4 is 5.32 Å². The summed E-state index contributed by atoms with van der Waals surface area (Å²) >= 11 is 0. The number of aryl methyl sites for hydroxylation is 2. The van der Waals surface area contributed by atoms with Gasteiger partial charge in [-0.15, -0.1) is 0 Å². The van der Waals surface area contributed by atoms with Crippen LogP contribution in [-0.4, -0.2) is 23.4 Å². The van der Waals surface area contributed by atoms with Gasteiger partial charge in [-0.05, 0) is 50.9 Å². The van der Waals surface area contributed by atoms with Crippen molar-refractivity contribution in [2.24, 2.45) is 0 Å². The topological polar surface area (TPSA) is 29.9 Å². The van der Waals surface area contributed by atoms with Crippen molar-refractivity contribution < 1.29 is 0 Å². The average Bonchev–Trinajstić information content (AvgIpc) is 2.84. The van der Waals surface area contributed by atoms with Crippen LogP contribution in [0.2, 0.25) is 0 Å². The summed E-state index contributed by atoms with van der Waals surface area (Å²) in [5.41, 5.74) is 6.72. The molecule has 21 heavy (non-hydrogen) atoms. The van der Waals surface area contributed by atoms with Gasteiger partial charge in [-0.25, -0.2) is 0 Å². The second-order valence-electron chi connectivity index (χ2n) is 5.58. The molecule has 1 heterocycles. The van der Waals surface area contributed by atoms with E-state index < -0.39 is 0 Å². The first-order valence-electron chi connectivity index (χ1n) is 7.97. The quantitative estimate of drug-likeness (QED) is 0.847. The molecule has 114 valence electrons. The molecule has 2 rings (SSSR count). The Morgan fingerprint density at radius 2 is 1.81 bits per heavy atom. The van der Waals surface area contributed by atoms with E-state index in [-0.39, 0.29) is 0 Å². The highest BCUT2D eigenvalue weighted by Crippen LogP contribution is 2.18. The minimum absolute atomic E-state index is 0.871. The third-order valence-electron chi connectivity index (χ3n) is 4.00. The molecule has 0 aliphatic heterocycles. The lowest BCUT2D eigenvalue weighted by atomic mass is 10.1. The Labute approximate surface area is 128 Å². The van der Waals surface area contributed by atoms with Gasteiger partial charge in [-0.2, -0.15) is 5.10 Å². The molecule has 0 fully saturated rings. The van der Waals surface area contributed by atoms with Gasteiger partial charge in [0.1, 0.15) is 0 Å². The van der Waals surface area contributed by atoms with E-state index in [4.69, 9.17) is 5.10 Å². The van der Waals surface area contributed by atoms with Gasteiger partial charge in [0.25, 0.3) is 0 Å². The number of benzene rings is 1. The predicted molar refractivity (Wildman–Crippen MR) is 88.9 cm³/mol. The zero-order valence-electron chi connectivity index (χ0n) is 13.7. The summed E-state index contributed by atoms with van der Waals surface area (Å²) in [6.45, 7) is 8.43. The predicted octanol–water partition coefficient (Wildman–Crippen LogP) is 3.13. The van der Waals surface area contributed by atoms with Gasteiger partial charge in [0.15, 0.2) is 0 Å². The first-order valence-corrected chi connectivity index (χ1v) is 7.97. The van der Waals surface area contributed by atoms with E-state index in [1.165, 1.54) is 28.1 Å². The lowest BCUT2D eigenvalue weighted by Crippen LogP contribution is -2.12. The minimum Gasteiger partial charge on any atom is -0.319 e. The van der Waals surface area contributed by atoms with Gasteiger partial charge in [0.2, 0.25) is 0 Å². The van der Waals surface area contributed by atoms with E-state index in [9.17, 15) is 0 Å². The summed E-state index contributed by atoms with van der Waals surface area (Å²) in [6.07, 6.45) is 3.11. The van der Waals surface area contributed by atoms with Crippen LogP contribution in [0.5, 0.6) is 0 Å². The fourth-order valence-corrected chi connectivity index (χ4v) is 2.80. The molecule has 1 N–H and O–H groups in total. The highest BCUT2D eigenvalue weighted by atomic mass is 15.3. The maximum Gasteiger partial charge on any atom is 0.0662 e. The Kier molecular flexibility index (Phi) is 5.57. The van der Waals surface area contributed by atoms with Crippen molar-refractivity contribution >= 4 is 0 Å². The van der Waals surface area contributed by atoms with Crippen molar-refractivity contribution in [2.75, 3.05) is 13.6 Å². The van der Waals surface area contributed by atoms with Gasteiger partial charge >= 0.3 is 0 Å². The number of hydrogen-bond acceptors (Lipinski definition) is 2. The number of hydrogen-bond donors (Lipinski definition) is 1. The Morgan fingerprint density at radius 1 is 1.10 bits per heavy atom. The molecular formula is C18H27N3. The van der Waals surface area contributed by atoms with E-state index in [2.05, 4.69) is 55.0 Å². The van der Waals surface area contributed by atoms with E-state index >= 15 is 0 Å². The van der Waals surface area contributed by atoms with Crippen molar-refractivity contribution in [3.05, 3.63) is 52.3 Å². The Bertz CT molecular complexity index is 567. The molecule has 0 aliphatic carbocycles. The van der Waals surface area contributed by atoms with Crippen molar-refractivity contribution in [3.63, 3.8) is 0 Å². The van der Waals surface area contributed by atoms with Crippen LogP contribution in [0.4, 0.5) is 0 Å². The molecule has 0 spiro atoms. The smallest absolute Gasteiger partial charge is 0.0662 e. The zero-order valence-corrected chi connectivity index (χ0v) is 13.7. The molecule has 0 saturated heterocycles. The number of nitrogens with one attached hydrogen (secondary N) is 1. The van der Waals surface area contributed by atoms with Crippen LogP contribution >= 0.6 is 0 Å². The maximum absolute atomic E-state index is 4.86. The molecular weight excluding hydrogens is 258 g/mol. The molecule has 0 saturated carbocycles. The Hall–Kier alpha value is -1.61. The third kappa shape index (κ3) is 3.73.